The third-order valence-corrected chi connectivity index (χ3v) is 2.57. The molecule has 0 saturated heterocycles. The van der Waals surface area contributed by atoms with Crippen LogP contribution >= 0.6 is 0 Å². The maximum Gasteiger partial charge on any atom is 0.338 e. The smallest absolute Gasteiger partial charge is 0.338 e. The fraction of sp³-hybridized carbons (Fsp3) is 0.385. The summed E-state index contributed by atoms with van der Waals surface area (Å²) in [6.45, 7) is 5.40. The second-order valence-corrected chi connectivity index (χ2v) is 4.74. The SMILES string of the molecule is CC(C)OC(=O)c1cccc(-n2nnnc2C(C)N)c1. The molecule has 0 radical (unpaired) electrons. The molecule has 1 unspecified atom stereocenters. The summed E-state index contributed by atoms with van der Waals surface area (Å²) in [5.41, 5.74) is 6.92. The van der Waals surface area contributed by atoms with Gasteiger partial charge in [-0.05, 0) is 49.4 Å². The molecule has 0 amide bonds. The fourth-order valence-corrected chi connectivity index (χ4v) is 1.71. The Morgan fingerprint density at radius 3 is 2.75 bits per heavy atom. The molecular formula is C13H17N5O2. The van der Waals surface area contributed by atoms with E-state index >= 15 is 0 Å². The monoisotopic (exact) mass is 275 g/mol. The summed E-state index contributed by atoms with van der Waals surface area (Å²) >= 11 is 0. The third-order valence-electron chi connectivity index (χ3n) is 2.57. The zero-order valence-electron chi connectivity index (χ0n) is 11.6. The van der Waals surface area contributed by atoms with E-state index in [1.807, 2.05) is 0 Å². The van der Waals surface area contributed by atoms with Crippen LogP contribution in [-0.2, 0) is 4.74 Å². The average Bonchev–Trinajstić information content (AvgIpc) is 2.87. The van der Waals surface area contributed by atoms with Gasteiger partial charge >= 0.3 is 5.97 Å². The molecule has 106 valence electrons. The van der Waals surface area contributed by atoms with Crippen LogP contribution in [0.5, 0.6) is 0 Å². The molecule has 7 heteroatoms. The van der Waals surface area contributed by atoms with E-state index in [0.717, 1.165) is 0 Å². The van der Waals surface area contributed by atoms with E-state index < -0.39 is 0 Å². The van der Waals surface area contributed by atoms with E-state index in [1.165, 1.54) is 4.68 Å². The number of esters is 1. The van der Waals surface area contributed by atoms with Crippen molar-refractivity contribution < 1.29 is 9.53 Å². The molecule has 20 heavy (non-hydrogen) atoms. The molecule has 0 aliphatic rings. The van der Waals surface area contributed by atoms with E-state index in [1.54, 1.807) is 45.0 Å². The predicted molar refractivity (Wildman–Crippen MR) is 72.3 cm³/mol. The number of hydrogen-bond acceptors (Lipinski definition) is 6. The van der Waals surface area contributed by atoms with Crippen molar-refractivity contribution >= 4 is 5.97 Å². The highest BCUT2D eigenvalue weighted by molar-refractivity contribution is 5.90. The van der Waals surface area contributed by atoms with Crippen molar-refractivity contribution in [1.82, 2.24) is 20.2 Å². The Balaban J connectivity index is 2.34. The van der Waals surface area contributed by atoms with Crippen LogP contribution in [0.2, 0.25) is 0 Å². The van der Waals surface area contributed by atoms with Gasteiger partial charge in [-0.1, -0.05) is 6.07 Å². The number of tetrazole rings is 1. The largest absolute Gasteiger partial charge is 0.459 e. The van der Waals surface area contributed by atoms with E-state index in [0.29, 0.717) is 17.1 Å². The molecule has 1 aromatic carbocycles. The highest BCUT2D eigenvalue weighted by Gasteiger charge is 2.15. The zero-order chi connectivity index (χ0) is 14.7. The second kappa shape index (κ2) is 5.79. The van der Waals surface area contributed by atoms with Crippen LogP contribution in [-0.4, -0.2) is 32.3 Å². The minimum absolute atomic E-state index is 0.168. The van der Waals surface area contributed by atoms with Gasteiger partial charge in [0.15, 0.2) is 5.82 Å². The Labute approximate surface area is 116 Å². The molecule has 2 aromatic rings. The molecular weight excluding hydrogens is 258 g/mol. The van der Waals surface area contributed by atoms with Gasteiger partial charge in [0.25, 0.3) is 0 Å². The number of aromatic nitrogens is 4. The molecule has 1 atom stereocenters. The fourth-order valence-electron chi connectivity index (χ4n) is 1.71. The molecule has 1 heterocycles. The molecule has 0 spiro atoms. The van der Waals surface area contributed by atoms with Gasteiger partial charge in [-0.25, -0.2) is 4.79 Å². The van der Waals surface area contributed by atoms with Gasteiger partial charge in [-0.15, -0.1) is 5.10 Å². The summed E-state index contributed by atoms with van der Waals surface area (Å²) in [7, 11) is 0. The van der Waals surface area contributed by atoms with Gasteiger partial charge < -0.3 is 10.5 Å². The van der Waals surface area contributed by atoms with E-state index in [4.69, 9.17) is 10.5 Å². The van der Waals surface area contributed by atoms with Crippen molar-refractivity contribution in [2.45, 2.75) is 32.9 Å². The van der Waals surface area contributed by atoms with Crippen molar-refractivity contribution in [1.29, 1.82) is 0 Å². The van der Waals surface area contributed by atoms with Crippen LogP contribution in [0.1, 0.15) is 43.0 Å². The quantitative estimate of drug-likeness (QED) is 0.843. The summed E-state index contributed by atoms with van der Waals surface area (Å²) in [6.07, 6.45) is -0.168. The first-order valence-corrected chi connectivity index (χ1v) is 6.34. The van der Waals surface area contributed by atoms with Crippen molar-refractivity contribution in [3.8, 4) is 5.69 Å². The number of carbonyl (C=O) groups excluding carboxylic acids is 1. The van der Waals surface area contributed by atoms with Crippen LogP contribution in [0.4, 0.5) is 0 Å². The van der Waals surface area contributed by atoms with Crippen molar-refractivity contribution in [3.63, 3.8) is 0 Å². The normalized spacial score (nSPS) is 12.4. The van der Waals surface area contributed by atoms with Gasteiger partial charge in [0.2, 0.25) is 0 Å². The number of hydrogen-bond donors (Lipinski definition) is 1. The topological polar surface area (TPSA) is 95.9 Å². The Hall–Kier alpha value is -2.28. The first-order chi connectivity index (χ1) is 9.49. The third kappa shape index (κ3) is 3.00. The molecule has 0 saturated carbocycles. The Morgan fingerprint density at radius 1 is 1.35 bits per heavy atom. The molecule has 0 bridgehead atoms. The molecule has 1 aromatic heterocycles. The van der Waals surface area contributed by atoms with Crippen LogP contribution in [0.15, 0.2) is 24.3 Å². The van der Waals surface area contributed by atoms with Gasteiger partial charge in [0.1, 0.15) is 0 Å². The number of nitrogens with two attached hydrogens (primary N) is 1. The van der Waals surface area contributed by atoms with Gasteiger partial charge in [-0.3, -0.25) is 0 Å². The Morgan fingerprint density at radius 2 is 2.10 bits per heavy atom. The van der Waals surface area contributed by atoms with Crippen molar-refractivity contribution in [2.75, 3.05) is 0 Å². The minimum atomic E-state index is -0.378. The minimum Gasteiger partial charge on any atom is -0.459 e. The van der Waals surface area contributed by atoms with Crippen LogP contribution in [0.25, 0.3) is 5.69 Å². The standard InChI is InChI=1S/C13H17N5O2/c1-8(2)20-13(19)10-5-4-6-11(7-10)18-12(9(3)14)15-16-17-18/h4-9H,14H2,1-3H3. The summed E-state index contributed by atoms with van der Waals surface area (Å²) in [4.78, 5) is 11.9. The van der Waals surface area contributed by atoms with Crippen LogP contribution in [0.3, 0.4) is 0 Å². The predicted octanol–water partition coefficient (Wildman–Crippen LogP) is 1.25. The number of rotatable bonds is 4. The maximum atomic E-state index is 11.9. The molecule has 2 rings (SSSR count). The number of benzene rings is 1. The lowest BCUT2D eigenvalue weighted by Crippen LogP contribution is -2.15. The number of ether oxygens (including phenoxy) is 1. The van der Waals surface area contributed by atoms with Crippen LogP contribution < -0.4 is 5.73 Å². The average molecular weight is 275 g/mol. The number of carbonyl (C=O) groups is 1. The Bertz CT molecular complexity index is 606. The number of nitrogens with zero attached hydrogens (tertiary/aromatic N) is 4. The van der Waals surface area contributed by atoms with Gasteiger partial charge in [0, 0.05) is 0 Å². The summed E-state index contributed by atoms with van der Waals surface area (Å²) in [5.74, 6) is 0.150. The summed E-state index contributed by atoms with van der Waals surface area (Å²) in [6, 6.07) is 6.60. The second-order valence-electron chi connectivity index (χ2n) is 4.74. The molecule has 7 nitrogen and oxygen atoms in total. The van der Waals surface area contributed by atoms with Crippen molar-refractivity contribution in [3.05, 3.63) is 35.7 Å². The van der Waals surface area contributed by atoms with E-state index in [2.05, 4.69) is 15.5 Å². The molecule has 2 N–H and O–H groups in total. The van der Waals surface area contributed by atoms with Gasteiger partial charge in [-0.2, -0.15) is 4.68 Å². The zero-order valence-corrected chi connectivity index (χ0v) is 11.6. The van der Waals surface area contributed by atoms with Gasteiger partial charge in [0.05, 0.1) is 23.4 Å². The van der Waals surface area contributed by atoms with Crippen molar-refractivity contribution in [2.24, 2.45) is 5.73 Å². The lowest BCUT2D eigenvalue weighted by Gasteiger charge is -2.10. The van der Waals surface area contributed by atoms with Crippen LogP contribution in [0, 0.1) is 0 Å². The summed E-state index contributed by atoms with van der Waals surface area (Å²) < 4.78 is 6.67. The highest BCUT2D eigenvalue weighted by Crippen LogP contribution is 2.15. The summed E-state index contributed by atoms with van der Waals surface area (Å²) in [5, 5.41) is 11.4. The molecule has 0 aliphatic carbocycles. The first kappa shape index (κ1) is 14.1. The van der Waals surface area contributed by atoms with E-state index in [9.17, 15) is 4.79 Å². The highest BCUT2D eigenvalue weighted by atomic mass is 16.5. The Kier molecular flexibility index (Phi) is 4.09. The maximum absolute atomic E-state index is 11.9. The molecule has 0 fully saturated rings. The van der Waals surface area contributed by atoms with E-state index in [-0.39, 0.29) is 18.1 Å². The molecule has 0 aliphatic heterocycles. The lowest BCUT2D eigenvalue weighted by atomic mass is 10.2. The first-order valence-electron chi connectivity index (χ1n) is 6.34. The lowest BCUT2D eigenvalue weighted by molar-refractivity contribution is 0.0378.